The van der Waals surface area contributed by atoms with E-state index in [1.165, 1.54) is 6.33 Å². The summed E-state index contributed by atoms with van der Waals surface area (Å²) >= 11 is 0. The normalized spacial score (nSPS) is 10.0. The Morgan fingerprint density at radius 1 is 1.38 bits per heavy atom. The summed E-state index contributed by atoms with van der Waals surface area (Å²) in [5.74, 6) is 0. The molecule has 0 atom stereocenters. The minimum atomic E-state index is -0.537. The average molecular weight is 218 g/mol. The smallest absolute Gasteiger partial charge is 0.312 e. The number of benzene rings is 1. The second-order valence-electron chi connectivity index (χ2n) is 3.14. The summed E-state index contributed by atoms with van der Waals surface area (Å²) in [7, 11) is 0. The average Bonchev–Trinajstić information content (AvgIpc) is 2.80. The van der Waals surface area contributed by atoms with Crippen LogP contribution in [0.3, 0.4) is 0 Å². The van der Waals surface area contributed by atoms with E-state index < -0.39 is 6.03 Å². The third-order valence-corrected chi connectivity index (χ3v) is 2.02. The molecule has 0 spiro atoms. The number of carbonyl (C=O) groups is 1. The number of amides is 2. The van der Waals surface area contributed by atoms with Gasteiger partial charge in [0.15, 0.2) is 0 Å². The molecule has 1 aromatic carbocycles. The van der Waals surface area contributed by atoms with Gasteiger partial charge < -0.3 is 11.1 Å². The molecule has 0 aliphatic carbocycles. The van der Waals surface area contributed by atoms with Crippen LogP contribution in [-0.4, -0.2) is 26.2 Å². The Morgan fingerprint density at radius 3 is 2.69 bits per heavy atom. The summed E-state index contributed by atoms with van der Waals surface area (Å²) in [5, 5.41) is 13.3. The van der Waals surface area contributed by atoms with Crippen LogP contribution >= 0.6 is 0 Å². The van der Waals surface area contributed by atoms with Crippen molar-refractivity contribution in [1.29, 1.82) is 0 Å². The molecule has 16 heavy (non-hydrogen) atoms. The number of hydrogen-bond acceptors (Lipinski definition) is 4. The monoisotopic (exact) mass is 218 g/mol. The van der Waals surface area contributed by atoms with Crippen molar-refractivity contribution in [3.63, 3.8) is 0 Å². The number of rotatable bonds is 3. The highest BCUT2D eigenvalue weighted by Gasteiger charge is 1.98. The Balaban J connectivity index is 2.08. The fourth-order valence-electron chi connectivity index (χ4n) is 1.24. The van der Waals surface area contributed by atoms with Crippen LogP contribution in [0.2, 0.25) is 0 Å². The maximum atomic E-state index is 10.5. The van der Waals surface area contributed by atoms with E-state index in [0.717, 1.165) is 11.3 Å². The highest BCUT2D eigenvalue weighted by molar-refractivity contribution is 5.71. The minimum absolute atomic E-state index is 0.408. The molecule has 7 nitrogen and oxygen atoms in total. The zero-order chi connectivity index (χ0) is 11.4. The van der Waals surface area contributed by atoms with Gasteiger partial charge in [-0.25, -0.2) is 9.48 Å². The van der Waals surface area contributed by atoms with Gasteiger partial charge in [0.1, 0.15) is 6.33 Å². The molecule has 1 aromatic heterocycles. The zero-order valence-electron chi connectivity index (χ0n) is 8.37. The Bertz CT molecular complexity index is 463. The molecule has 2 amide bonds. The van der Waals surface area contributed by atoms with Gasteiger partial charge in [0.25, 0.3) is 0 Å². The lowest BCUT2D eigenvalue weighted by Crippen LogP contribution is -2.28. The molecule has 0 aliphatic heterocycles. The highest BCUT2D eigenvalue weighted by Crippen LogP contribution is 2.07. The first-order chi connectivity index (χ1) is 7.75. The molecule has 2 aromatic rings. The van der Waals surface area contributed by atoms with Crippen LogP contribution in [0.1, 0.15) is 5.56 Å². The molecule has 3 N–H and O–H groups in total. The maximum Gasteiger partial charge on any atom is 0.312 e. The largest absolute Gasteiger partial charge is 0.352 e. The van der Waals surface area contributed by atoms with E-state index in [1.54, 1.807) is 4.68 Å². The van der Waals surface area contributed by atoms with Crippen molar-refractivity contribution in [3.8, 4) is 5.69 Å². The minimum Gasteiger partial charge on any atom is -0.352 e. The van der Waals surface area contributed by atoms with Crippen LogP contribution in [0.4, 0.5) is 4.79 Å². The zero-order valence-corrected chi connectivity index (χ0v) is 8.37. The van der Waals surface area contributed by atoms with Crippen molar-refractivity contribution < 1.29 is 4.79 Å². The van der Waals surface area contributed by atoms with Crippen molar-refractivity contribution >= 4 is 6.03 Å². The van der Waals surface area contributed by atoms with Crippen molar-refractivity contribution in [2.24, 2.45) is 5.73 Å². The number of nitrogens with zero attached hydrogens (tertiary/aromatic N) is 4. The van der Waals surface area contributed by atoms with Crippen LogP contribution in [0.15, 0.2) is 30.6 Å². The van der Waals surface area contributed by atoms with Gasteiger partial charge in [-0.1, -0.05) is 12.1 Å². The Kier molecular flexibility index (Phi) is 2.77. The topological polar surface area (TPSA) is 98.7 Å². The molecular weight excluding hydrogens is 208 g/mol. The quantitative estimate of drug-likeness (QED) is 0.747. The van der Waals surface area contributed by atoms with Crippen molar-refractivity contribution in [2.75, 3.05) is 0 Å². The first-order valence-electron chi connectivity index (χ1n) is 4.61. The van der Waals surface area contributed by atoms with Crippen molar-refractivity contribution in [3.05, 3.63) is 36.2 Å². The van der Waals surface area contributed by atoms with Crippen LogP contribution in [0, 0.1) is 0 Å². The number of urea groups is 1. The predicted molar refractivity (Wildman–Crippen MR) is 55.6 cm³/mol. The van der Waals surface area contributed by atoms with Crippen molar-refractivity contribution in [1.82, 2.24) is 25.5 Å². The Hall–Kier alpha value is -2.44. The molecule has 0 saturated carbocycles. The standard InChI is InChI=1S/C9H10N6O/c10-9(16)11-5-7-1-3-8(4-2-7)15-6-12-13-14-15/h1-4,6H,5H2,(H3,10,11,16). The predicted octanol–water partition coefficient (Wildman–Crippen LogP) is -0.169. The van der Waals surface area contributed by atoms with E-state index >= 15 is 0 Å². The molecule has 2 rings (SSSR count). The van der Waals surface area contributed by atoms with Crippen LogP contribution < -0.4 is 11.1 Å². The van der Waals surface area contributed by atoms with Crippen molar-refractivity contribution in [2.45, 2.75) is 6.54 Å². The number of carbonyl (C=O) groups excluding carboxylic acids is 1. The van der Waals surface area contributed by atoms with Gasteiger partial charge in [0.2, 0.25) is 0 Å². The third-order valence-electron chi connectivity index (χ3n) is 2.02. The maximum absolute atomic E-state index is 10.5. The van der Waals surface area contributed by atoms with E-state index in [1.807, 2.05) is 24.3 Å². The Labute approximate surface area is 91.3 Å². The summed E-state index contributed by atoms with van der Waals surface area (Å²) < 4.78 is 1.55. The Morgan fingerprint density at radius 2 is 2.12 bits per heavy atom. The van der Waals surface area contributed by atoms with Gasteiger partial charge in [-0.2, -0.15) is 0 Å². The fourth-order valence-corrected chi connectivity index (χ4v) is 1.24. The third kappa shape index (κ3) is 2.32. The van der Waals surface area contributed by atoms with E-state index in [0.29, 0.717) is 6.54 Å². The number of hydrogen-bond donors (Lipinski definition) is 2. The number of aromatic nitrogens is 4. The van der Waals surface area contributed by atoms with Gasteiger partial charge >= 0.3 is 6.03 Å². The number of primary amides is 1. The lowest BCUT2D eigenvalue weighted by Gasteiger charge is -2.03. The second kappa shape index (κ2) is 4.39. The van der Waals surface area contributed by atoms with Crippen LogP contribution in [-0.2, 0) is 6.54 Å². The molecule has 1 heterocycles. The molecule has 0 saturated heterocycles. The molecule has 82 valence electrons. The van der Waals surface area contributed by atoms with Gasteiger partial charge in [0.05, 0.1) is 5.69 Å². The number of tetrazole rings is 1. The summed E-state index contributed by atoms with van der Waals surface area (Å²) in [6, 6.07) is 6.91. The molecule has 0 unspecified atom stereocenters. The van der Waals surface area contributed by atoms with E-state index in [4.69, 9.17) is 5.73 Å². The first kappa shape index (κ1) is 10.1. The molecule has 0 aliphatic rings. The molecule has 0 fully saturated rings. The number of nitrogens with two attached hydrogens (primary N) is 1. The fraction of sp³-hybridized carbons (Fsp3) is 0.111. The molecular formula is C9H10N6O. The van der Waals surface area contributed by atoms with E-state index in [-0.39, 0.29) is 0 Å². The first-order valence-corrected chi connectivity index (χ1v) is 4.61. The van der Waals surface area contributed by atoms with Gasteiger partial charge in [-0.05, 0) is 28.1 Å². The second-order valence-corrected chi connectivity index (χ2v) is 3.14. The van der Waals surface area contributed by atoms with Gasteiger partial charge in [-0.15, -0.1) is 5.10 Å². The van der Waals surface area contributed by atoms with Gasteiger partial charge in [0, 0.05) is 6.54 Å². The summed E-state index contributed by atoms with van der Waals surface area (Å²) in [5.41, 5.74) is 6.78. The molecule has 0 radical (unpaired) electrons. The van der Waals surface area contributed by atoms with E-state index in [9.17, 15) is 4.79 Å². The molecule has 7 heteroatoms. The summed E-state index contributed by atoms with van der Waals surface area (Å²) in [6.45, 7) is 0.408. The SMILES string of the molecule is NC(=O)NCc1ccc(-n2cnnn2)cc1. The van der Waals surface area contributed by atoms with Crippen LogP contribution in [0.25, 0.3) is 5.69 Å². The summed E-state index contributed by atoms with van der Waals surface area (Å²) in [6.07, 6.45) is 1.51. The van der Waals surface area contributed by atoms with Gasteiger partial charge in [-0.3, -0.25) is 0 Å². The number of nitrogens with one attached hydrogen (secondary N) is 1. The van der Waals surface area contributed by atoms with Crippen LogP contribution in [0.5, 0.6) is 0 Å². The van der Waals surface area contributed by atoms with E-state index in [2.05, 4.69) is 20.8 Å². The lowest BCUT2D eigenvalue weighted by molar-refractivity contribution is 0.248. The summed E-state index contributed by atoms with van der Waals surface area (Å²) in [4.78, 5) is 10.5. The lowest BCUT2D eigenvalue weighted by atomic mass is 10.2. The molecule has 0 bridgehead atoms. The highest BCUT2D eigenvalue weighted by atomic mass is 16.2.